The van der Waals surface area contributed by atoms with Crippen molar-refractivity contribution in [3.8, 4) is 0 Å². The zero-order valence-corrected chi connectivity index (χ0v) is 13.9. The van der Waals surface area contributed by atoms with Gasteiger partial charge in [0, 0.05) is 32.6 Å². The van der Waals surface area contributed by atoms with Gasteiger partial charge < -0.3 is 15.5 Å². The van der Waals surface area contributed by atoms with Crippen molar-refractivity contribution >= 4 is 11.9 Å². The summed E-state index contributed by atoms with van der Waals surface area (Å²) in [4.78, 5) is 25.3. The van der Waals surface area contributed by atoms with Crippen LogP contribution in [0, 0.1) is 0 Å². The van der Waals surface area contributed by atoms with Crippen LogP contribution in [0.25, 0.3) is 0 Å². The molecule has 1 aliphatic heterocycles. The van der Waals surface area contributed by atoms with E-state index in [2.05, 4.69) is 10.6 Å². The Morgan fingerprint density at radius 2 is 2.04 bits per heavy atom. The molecule has 0 aliphatic carbocycles. The minimum Gasteiger partial charge on any atom is -0.338 e. The summed E-state index contributed by atoms with van der Waals surface area (Å²) < 4.78 is 0. The second-order valence-corrected chi connectivity index (χ2v) is 6.08. The van der Waals surface area contributed by atoms with Gasteiger partial charge in [-0.05, 0) is 31.4 Å². The van der Waals surface area contributed by atoms with Crippen LogP contribution in [-0.2, 0) is 17.9 Å². The highest BCUT2D eigenvalue weighted by atomic mass is 16.2. The largest absolute Gasteiger partial charge is 0.338 e. The number of nitrogens with zero attached hydrogens (tertiary/aromatic N) is 1. The van der Waals surface area contributed by atoms with Crippen molar-refractivity contribution in [2.24, 2.45) is 0 Å². The summed E-state index contributed by atoms with van der Waals surface area (Å²) in [5.41, 5.74) is 3.31. The Balaban J connectivity index is 1.81. The van der Waals surface area contributed by atoms with Crippen molar-refractivity contribution < 1.29 is 9.59 Å². The van der Waals surface area contributed by atoms with Crippen molar-refractivity contribution in [1.29, 1.82) is 0 Å². The third-order valence-corrected chi connectivity index (χ3v) is 3.76. The number of hydrogen-bond donors (Lipinski definition) is 2. The molecule has 0 aromatic heterocycles. The van der Waals surface area contributed by atoms with Gasteiger partial charge in [-0.15, -0.1) is 0 Å². The van der Waals surface area contributed by atoms with Crippen molar-refractivity contribution in [3.63, 3.8) is 0 Å². The maximum Gasteiger partial charge on any atom is 0.315 e. The van der Waals surface area contributed by atoms with Crippen LogP contribution in [0.3, 0.4) is 0 Å². The molecule has 1 aliphatic rings. The minimum atomic E-state index is -0.178. The molecule has 1 heterocycles. The summed E-state index contributed by atoms with van der Waals surface area (Å²) >= 11 is 0. The van der Waals surface area contributed by atoms with E-state index in [0.717, 1.165) is 24.1 Å². The number of benzene rings is 1. The molecule has 0 atom stereocenters. The number of allylic oxidation sites excluding steroid dienone is 1. The van der Waals surface area contributed by atoms with Crippen LogP contribution < -0.4 is 10.6 Å². The predicted molar refractivity (Wildman–Crippen MR) is 90.8 cm³/mol. The van der Waals surface area contributed by atoms with Gasteiger partial charge in [-0.3, -0.25) is 4.79 Å². The zero-order chi connectivity index (χ0) is 16.7. The smallest absolute Gasteiger partial charge is 0.315 e. The molecule has 0 spiro atoms. The van der Waals surface area contributed by atoms with Crippen LogP contribution in [0.1, 0.15) is 37.8 Å². The van der Waals surface area contributed by atoms with Crippen LogP contribution in [-0.4, -0.2) is 29.9 Å². The number of rotatable bonds is 6. The number of urea groups is 1. The molecular weight excluding hydrogens is 290 g/mol. The first-order valence-corrected chi connectivity index (χ1v) is 8.05. The van der Waals surface area contributed by atoms with E-state index in [-0.39, 0.29) is 11.9 Å². The van der Waals surface area contributed by atoms with Crippen molar-refractivity contribution in [1.82, 2.24) is 15.5 Å². The predicted octanol–water partition coefficient (Wildman–Crippen LogP) is 2.57. The van der Waals surface area contributed by atoms with Crippen molar-refractivity contribution in [2.45, 2.75) is 39.8 Å². The van der Waals surface area contributed by atoms with E-state index in [1.807, 2.05) is 49.1 Å². The third kappa shape index (κ3) is 5.77. The Labute approximate surface area is 137 Å². The van der Waals surface area contributed by atoms with Crippen LogP contribution in [0.2, 0.25) is 0 Å². The molecule has 1 aromatic carbocycles. The first-order chi connectivity index (χ1) is 11.0. The molecule has 1 saturated heterocycles. The number of carbonyl (C=O) groups excluding carboxylic acids is 2. The van der Waals surface area contributed by atoms with Gasteiger partial charge in [0.15, 0.2) is 0 Å². The molecule has 23 heavy (non-hydrogen) atoms. The molecule has 0 bridgehead atoms. The summed E-state index contributed by atoms with van der Waals surface area (Å²) in [5.74, 6) is 0.229. The average molecular weight is 315 g/mol. The third-order valence-electron chi connectivity index (χ3n) is 3.76. The summed E-state index contributed by atoms with van der Waals surface area (Å²) in [7, 11) is 0. The monoisotopic (exact) mass is 315 g/mol. The lowest BCUT2D eigenvalue weighted by atomic mass is 10.1. The fourth-order valence-corrected chi connectivity index (χ4v) is 2.52. The molecule has 0 unspecified atom stereocenters. The van der Waals surface area contributed by atoms with E-state index in [1.54, 1.807) is 0 Å². The van der Waals surface area contributed by atoms with Crippen molar-refractivity contribution in [3.05, 3.63) is 47.0 Å². The Hall–Kier alpha value is -2.30. The van der Waals surface area contributed by atoms with Gasteiger partial charge >= 0.3 is 6.03 Å². The maximum atomic E-state index is 11.7. The summed E-state index contributed by atoms with van der Waals surface area (Å²) in [6, 6.07) is 7.83. The SMILES string of the molecule is CC(C)=CCNC(=O)NCc1cccc(CN2CCCC2=O)c1. The number of amides is 3. The topological polar surface area (TPSA) is 61.4 Å². The van der Waals surface area contributed by atoms with Gasteiger partial charge in [-0.2, -0.15) is 0 Å². The first kappa shape index (κ1) is 17.1. The van der Waals surface area contributed by atoms with Gasteiger partial charge in [0.05, 0.1) is 0 Å². The molecule has 1 aromatic rings. The quantitative estimate of drug-likeness (QED) is 0.793. The standard InChI is InChI=1S/C18H25N3O2/c1-14(2)8-9-19-18(23)20-12-15-5-3-6-16(11-15)13-21-10-4-7-17(21)22/h3,5-6,8,11H,4,7,9-10,12-13H2,1-2H3,(H2,19,20,23). The minimum absolute atomic E-state index is 0.178. The second-order valence-electron chi connectivity index (χ2n) is 6.08. The molecular formula is C18H25N3O2. The maximum absolute atomic E-state index is 11.7. The van der Waals surface area contributed by atoms with E-state index in [4.69, 9.17) is 0 Å². The molecule has 2 N–H and O–H groups in total. The molecule has 0 radical (unpaired) electrons. The Morgan fingerprint density at radius 3 is 2.74 bits per heavy atom. The van der Waals surface area contributed by atoms with Gasteiger partial charge in [-0.25, -0.2) is 4.79 Å². The summed E-state index contributed by atoms with van der Waals surface area (Å²) in [5, 5.41) is 5.63. The van der Waals surface area contributed by atoms with E-state index < -0.39 is 0 Å². The number of nitrogens with one attached hydrogen (secondary N) is 2. The van der Waals surface area contributed by atoms with Gasteiger partial charge in [0.2, 0.25) is 5.91 Å². The van der Waals surface area contributed by atoms with Gasteiger partial charge in [0.1, 0.15) is 0 Å². The van der Waals surface area contributed by atoms with E-state index in [1.165, 1.54) is 5.57 Å². The van der Waals surface area contributed by atoms with E-state index in [0.29, 0.717) is 26.1 Å². The molecule has 1 fully saturated rings. The molecule has 124 valence electrons. The summed E-state index contributed by atoms with van der Waals surface area (Å²) in [6.45, 7) is 6.49. The van der Waals surface area contributed by atoms with Crippen LogP contribution in [0.5, 0.6) is 0 Å². The van der Waals surface area contributed by atoms with Gasteiger partial charge in [0.25, 0.3) is 0 Å². The highest BCUT2D eigenvalue weighted by Crippen LogP contribution is 2.15. The Morgan fingerprint density at radius 1 is 1.26 bits per heavy atom. The lowest BCUT2D eigenvalue weighted by Gasteiger charge is -2.16. The number of hydrogen-bond acceptors (Lipinski definition) is 2. The van der Waals surface area contributed by atoms with Crippen molar-refractivity contribution in [2.75, 3.05) is 13.1 Å². The summed E-state index contributed by atoms with van der Waals surface area (Å²) in [6.07, 6.45) is 3.58. The van der Waals surface area contributed by atoms with Crippen LogP contribution >= 0.6 is 0 Å². The highest BCUT2D eigenvalue weighted by Gasteiger charge is 2.19. The molecule has 5 heteroatoms. The lowest BCUT2D eigenvalue weighted by molar-refractivity contribution is -0.128. The van der Waals surface area contributed by atoms with Crippen LogP contribution in [0.15, 0.2) is 35.9 Å². The molecule has 0 saturated carbocycles. The van der Waals surface area contributed by atoms with E-state index in [9.17, 15) is 9.59 Å². The van der Waals surface area contributed by atoms with E-state index >= 15 is 0 Å². The molecule has 2 rings (SSSR count). The second kappa shape index (κ2) is 8.36. The Bertz CT molecular complexity index is 592. The fraction of sp³-hybridized carbons (Fsp3) is 0.444. The number of carbonyl (C=O) groups is 2. The Kier molecular flexibility index (Phi) is 6.20. The first-order valence-electron chi connectivity index (χ1n) is 8.05. The van der Waals surface area contributed by atoms with Gasteiger partial charge in [-0.1, -0.05) is 35.9 Å². The zero-order valence-electron chi connectivity index (χ0n) is 13.9. The van der Waals surface area contributed by atoms with Crippen LogP contribution in [0.4, 0.5) is 4.79 Å². The molecule has 3 amide bonds. The lowest BCUT2D eigenvalue weighted by Crippen LogP contribution is -2.35. The number of likely N-dealkylation sites (tertiary alicyclic amines) is 1. The highest BCUT2D eigenvalue weighted by molar-refractivity contribution is 5.78. The fourth-order valence-electron chi connectivity index (χ4n) is 2.52. The molecule has 5 nitrogen and oxygen atoms in total. The normalized spacial score (nSPS) is 13.8. The average Bonchev–Trinajstić information content (AvgIpc) is 2.90.